The minimum Gasteiger partial charge on any atom is -0.305 e. The van der Waals surface area contributed by atoms with Gasteiger partial charge in [0.2, 0.25) is 0 Å². The highest BCUT2D eigenvalue weighted by Crippen LogP contribution is 2.50. The third-order valence-electron chi connectivity index (χ3n) is 0.709. The SMILES string of the molecule is C=CCP(=O)(Cl)CC#N. The molecule has 0 N–H and O–H groups in total. The van der Waals surface area contributed by atoms with Gasteiger partial charge in [-0.05, 0) is 0 Å². The second-order valence-electron chi connectivity index (χ2n) is 1.58. The fourth-order valence-electron chi connectivity index (χ4n) is 0.363. The van der Waals surface area contributed by atoms with Gasteiger partial charge in [0.1, 0.15) is 6.16 Å². The second kappa shape index (κ2) is 3.71. The summed E-state index contributed by atoms with van der Waals surface area (Å²) in [5, 5.41) is 8.09. The third kappa shape index (κ3) is 4.27. The normalized spacial score (nSPS) is 15.6. The summed E-state index contributed by atoms with van der Waals surface area (Å²) in [4.78, 5) is 0. The number of hydrogen-bond donors (Lipinski definition) is 0. The lowest BCUT2D eigenvalue weighted by atomic mass is 10.8. The van der Waals surface area contributed by atoms with E-state index < -0.39 is 6.49 Å². The molecular formula is C5H7ClNOP. The molecule has 0 heterocycles. The third-order valence-corrected chi connectivity index (χ3v) is 2.90. The molecule has 0 aliphatic carbocycles. The number of nitriles is 1. The molecule has 0 saturated carbocycles. The Morgan fingerprint density at radius 1 is 1.89 bits per heavy atom. The summed E-state index contributed by atoms with van der Waals surface area (Å²) in [6.45, 7) is 0.663. The van der Waals surface area contributed by atoms with Crippen molar-refractivity contribution in [2.45, 2.75) is 0 Å². The van der Waals surface area contributed by atoms with E-state index in [1.165, 1.54) is 6.08 Å². The maximum atomic E-state index is 10.9. The quantitative estimate of drug-likeness (QED) is 0.473. The van der Waals surface area contributed by atoms with Crippen molar-refractivity contribution >= 4 is 17.7 Å². The highest BCUT2D eigenvalue weighted by atomic mass is 35.7. The smallest absolute Gasteiger partial charge is 0.186 e. The van der Waals surface area contributed by atoms with Crippen molar-refractivity contribution in [3.63, 3.8) is 0 Å². The van der Waals surface area contributed by atoms with Crippen molar-refractivity contribution in [2.75, 3.05) is 12.3 Å². The standard InChI is InChI=1S/C5H7ClNOP/c1-2-4-9(6,8)5-3-7/h2H,1,4-5H2. The van der Waals surface area contributed by atoms with Gasteiger partial charge in [0.25, 0.3) is 0 Å². The topological polar surface area (TPSA) is 40.9 Å². The van der Waals surface area contributed by atoms with Crippen LogP contribution < -0.4 is 0 Å². The first-order chi connectivity index (χ1) is 4.12. The van der Waals surface area contributed by atoms with Gasteiger partial charge in [0.05, 0.1) is 6.07 Å². The molecule has 0 saturated heterocycles. The second-order valence-corrected chi connectivity index (χ2v) is 5.69. The Labute approximate surface area is 59.3 Å². The van der Waals surface area contributed by atoms with E-state index in [0.717, 1.165) is 0 Å². The van der Waals surface area contributed by atoms with E-state index in [2.05, 4.69) is 6.58 Å². The fraction of sp³-hybridized carbons (Fsp3) is 0.400. The molecule has 50 valence electrons. The van der Waals surface area contributed by atoms with Crippen LogP contribution in [0.1, 0.15) is 0 Å². The van der Waals surface area contributed by atoms with Gasteiger partial charge in [0, 0.05) is 6.16 Å². The molecule has 0 aromatic rings. The summed E-state index contributed by atoms with van der Waals surface area (Å²) in [7, 11) is 0. The van der Waals surface area contributed by atoms with E-state index in [1.54, 1.807) is 6.07 Å². The molecule has 0 aliphatic rings. The molecule has 0 rings (SSSR count). The number of halogens is 1. The van der Waals surface area contributed by atoms with Crippen LogP contribution in [0.5, 0.6) is 0 Å². The number of allylic oxidation sites excluding steroid dienone is 1. The zero-order chi connectivity index (χ0) is 7.33. The van der Waals surface area contributed by atoms with Gasteiger partial charge in [-0.2, -0.15) is 5.26 Å². The summed E-state index contributed by atoms with van der Waals surface area (Å²) in [6.07, 6.45) is 1.63. The lowest BCUT2D eigenvalue weighted by Gasteiger charge is -1.98. The van der Waals surface area contributed by atoms with E-state index >= 15 is 0 Å². The van der Waals surface area contributed by atoms with Crippen LogP contribution in [0.3, 0.4) is 0 Å². The van der Waals surface area contributed by atoms with Crippen LogP contribution in [0.25, 0.3) is 0 Å². The van der Waals surface area contributed by atoms with E-state index in [9.17, 15) is 4.57 Å². The van der Waals surface area contributed by atoms with Gasteiger partial charge in [-0.1, -0.05) is 17.3 Å². The average molecular weight is 164 g/mol. The average Bonchev–Trinajstić information content (AvgIpc) is 1.64. The van der Waals surface area contributed by atoms with Gasteiger partial charge in [-0.15, -0.1) is 6.58 Å². The fourth-order valence-corrected chi connectivity index (χ4v) is 1.54. The molecule has 0 fully saturated rings. The van der Waals surface area contributed by atoms with Crippen molar-refractivity contribution < 1.29 is 4.57 Å². The Hall–Kier alpha value is -0.250. The molecule has 2 nitrogen and oxygen atoms in total. The molecule has 9 heavy (non-hydrogen) atoms. The lowest BCUT2D eigenvalue weighted by Crippen LogP contribution is -1.81. The summed E-state index contributed by atoms with van der Waals surface area (Å²) < 4.78 is 10.9. The molecule has 0 amide bonds. The van der Waals surface area contributed by atoms with Crippen molar-refractivity contribution in [3.8, 4) is 6.07 Å². The molecule has 0 aliphatic heterocycles. The number of hydrogen-bond acceptors (Lipinski definition) is 2. The van der Waals surface area contributed by atoms with Crippen molar-refractivity contribution in [3.05, 3.63) is 12.7 Å². The Balaban J connectivity index is 3.90. The van der Waals surface area contributed by atoms with Gasteiger partial charge in [-0.3, -0.25) is 0 Å². The maximum absolute atomic E-state index is 10.9. The minimum absolute atomic E-state index is 0.0689. The predicted octanol–water partition coefficient (Wildman–Crippen LogP) is 2.21. The van der Waals surface area contributed by atoms with Crippen LogP contribution in [0.2, 0.25) is 0 Å². The van der Waals surface area contributed by atoms with Crippen LogP contribution in [0.15, 0.2) is 12.7 Å². The summed E-state index contributed by atoms with van der Waals surface area (Å²) in [5.41, 5.74) is 0. The van der Waals surface area contributed by atoms with Crippen molar-refractivity contribution in [1.82, 2.24) is 0 Å². The lowest BCUT2D eigenvalue weighted by molar-refractivity contribution is 0.588. The van der Waals surface area contributed by atoms with E-state index in [4.69, 9.17) is 16.5 Å². The van der Waals surface area contributed by atoms with E-state index in [1.807, 2.05) is 0 Å². The van der Waals surface area contributed by atoms with Crippen molar-refractivity contribution in [1.29, 1.82) is 5.26 Å². The molecule has 4 heteroatoms. The van der Waals surface area contributed by atoms with Crippen LogP contribution in [-0.2, 0) is 4.57 Å². The Kier molecular flexibility index (Phi) is 3.61. The highest BCUT2D eigenvalue weighted by molar-refractivity contribution is 7.89. The van der Waals surface area contributed by atoms with Gasteiger partial charge in [-0.25, -0.2) is 0 Å². The Morgan fingerprint density at radius 3 is 2.78 bits per heavy atom. The first-order valence-electron chi connectivity index (χ1n) is 2.38. The number of nitrogens with zero attached hydrogens (tertiary/aromatic N) is 1. The molecule has 0 bridgehead atoms. The summed E-state index contributed by atoms with van der Waals surface area (Å²) >= 11 is 5.40. The largest absolute Gasteiger partial charge is 0.305 e. The molecule has 0 spiro atoms. The first-order valence-corrected chi connectivity index (χ1v) is 5.36. The molecule has 0 aromatic heterocycles. The maximum Gasteiger partial charge on any atom is 0.186 e. The van der Waals surface area contributed by atoms with Crippen LogP contribution >= 0.6 is 17.7 Å². The minimum atomic E-state index is -2.70. The van der Waals surface area contributed by atoms with Crippen LogP contribution in [-0.4, -0.2) is 12.3 Å². The highest BCUT2D eigenvalue weighted by Gasteiger charge is 2.14. The summed E-state index contributed by atoms with van der Waals surface area (Å²) in [6, 6.07) is 1.75. The molecule has 0 aromatic carbocycles. The molecular weight excluding hydrogens is 156 g/mol. The molecule has 0 radical (unpaired) electrons. The monoisotopic (exact) mass is 163 g/mol. The summed E-state index contributed by atoms with van der Waals surface area (Å²) in [5.74, 6) is 0. The molecule has 1 unspecified atom stereocenters. The number of rotatable bonds is 3. The van der Waals surface area contributed by atoms with Gasteiger partial charge < -0.3 is 4.57 Å². The zero-order valence-electron chi connectivity index (χ0n) is 4.88. The van der Waals surface area contributed by atoms with Gasteiger partial charge >= 0.3 is 0 Å². The zero-order valence-corrected chi connectivity index (χ0v) is 6.53. The van der Waals surface area contributed by atoms with Crippen LogP contribution in [0, 0.1) is 11.3 Å². The van der Waals surface area contributed by atoms with Crippen molar-refractivity contribution in [2.24, 2.45) is 0 Å². The predicted molar refractivity (Wildman–Crippen MR) is 39.0 cm³/mol. The van der Waals surface area contributed by atoms with E-state index in [-0.39, 0.29) is 12.3 Å². The Morgan fingerprint density at radius 2 is 2.44 bits per heavy atom. The van der Waals surface area contributed by atoms with Gasteiger partial charge in [0.15, 0.2) is 6.49 Å². The van der Waals surface area contributed by atoms with Crippen LogP contribution in [0.4, 0.5) is 0 Å². The molecule has 1 atom stereocenters. The van der Waals surface area contributed by atoms with E-state index in [0.29, 0.717) is 0 Å². The Bertz CT molecular complexity index is 184. The first kappa shape index (κ1) is 8.75.